The zero-order valence-electron chi connectivity index (χ0n) is 9.45. The molecule has 1 fully saturated rings. The zero-order valence-corrected chi connectivity index (χ0v) is 9.45. The van der Waals surface area contributed by atoms with Gasteiger partial charge in [0.05, 0.1) is 0 Å². The molecule has 1 aromatic rings. The first-order valence-corrected chi connectivity index (χ1v) is 5.29. The molecule has 0 aromatic carbocycles. The van der Waals surface area contributed by atoms with E-state index in [1.807, 2.05) is 13.8 Å². The Labute approximate surface area is 90.3 Å². The van der Waals surface area contributed by atoms with E-state index in [9.17, 15) is 0 Å². The Hall–Kier alpha value is -1.06. The number of nitrogens with two attached hydrogens (primary N) is 1. The maximum atomic E-state index is 5.71. The Morgan fingerprint density at radius 2 is 2.27 bits per heavy atom. The predicted molar refractivity (Wildman–Crippen MR) is 61.2 cm³/mol. The molecule has 0 bridgehead atoms. The normalized spacial score (nSPS) is 32.1. The minimum absolute atomic E-state index is 0.109. The van der Waals surface area contributed by atoms with Gasteiger partial charge >= 0.3 is 0 Å². The Balaban J connectivity index is 2.00. The zero-order chi connectivity index (χ0) is 11.1. The molecule has 0 spiro atoms. The van der Waals surface area contributed by atoms with Gasteiger partial charge in [0.25, 0.3) is 0 Å². The highest BCUT2D eigenvalue weighted by molar-refractivity contribution is 5.46. The highest BCUT2D eigenvalue weighted by atomic mass is 16.6. The van der Waals surface area contributed by atoms with E-state index in [0.29, 0.717) is 5.92 Å². The van der Waals surface area contributed by atoms with Gasteiger partial charge in [-0.25, -0.2) is 0 Å². The summed E-state index contributed by atoms with van der Waals surface area (Å²) in [6, 6.07) is 4.12. The fourth-order valence-corrected chi connectivity index (χ4v) is 1.67. The first-order chi connectivity index (χ1) is 7.02. The quantitative estimate of drug-likeness (QED) is 0.744. The molecule has 3 nitrogen and oxygen atoms in total. The van der Waals surface area contributed by atoms with Crippen molar-refractivity contribution in [2.24, 2.45) is 11.7 Å². The van der Waals surface area contributed by atoms with Crippen LogP contribution in [0.3, 0.4) is 0 Å². The minimum atomic E-state index is -0.169. The summed E-state index contributed by atoms with van der Waals surface area (Å²) in [6.45, 7) is 6.22. The van der Waals surface area contributed by atoms with E-state index >= 15 is 0 Å². The molecule has 2 heterocycles. The standard InChI is InChI=1S/C12H18N2O/c1-8(12(3)11(13)15-12)4-6-10-7-5-9(2)14-10/h4-8,11,14H,13H2,1-3H3/b6-4-. The number of hydrogen-bond acceptors (Lipinski definition) is 2. The Bertz CT molecular complexity index is 383. The minimum Gasteiger partial charge on any atom is -0.359 e. The van der Waals surface area contributed by atoms with Crippen molar-refractivity contribution >= 4 is 6.08 Å². The average Bonchev–Trinajstić information content (AvgIpc) is 2.61. The Morgan fingerprint density at radius 3 is 2.73 bits per heavy atom. The van der Waals surface area contributed by atoms with Crippen LogP contribution >= 0.6 is 0 Å². The van der Waals surface area contributed by atoms with E-state index < -0.39 is 0 Å². The molecule has 0 saturated carbocycles. The first-order valence-electron chi connectivity index (χ1n) is 5.29. The number of epoxide rings is 1. The van der Waals surface area contributed by atoms with Crippen LogP contribution in [0.2, 0.25) is 0 Å². The summed E-state index contributed by atoms with van der Waals surface area (Å²) in [5.74, 6) is 0.330. The summed E-state index contributed by atoms with van der Waals surface area (Å²) in [7, 11) is 0. The topological polar surface area (TPSA) is 54.3 Å². The van der Waals surface area contributed by atoms with Gasteiger partial charge in [-0.1, -0.05) is 13.0 Å². The Kier molecular flexibility index (Phi) is 2.44. The van der Waals surface area contributed by atoms with Crippen LogP contribution in [0, 0.1) is 12.8 Å². The number of hydrogen-bond donors (Lipinski definition) is 2. The van der Waals surface area contributed by atoms with Gasteiger partial charge in [0.15, 0.2) is 0 Å². The van der Waals surface area contributed by atoms with Gasteiger partial charge in [-0.15, -0.1) is 0 Å². The molecule has 3 unspecified atom stereocenters. The SMILES string of the molecule is Cc1ccc(/C=C\C(C)C2(C)OC2N)[nH]1. The van der Waals surface area contributed by atoms with E-state index in [0.717, 1.165) is 5.69 Å². The molecular weight excluding hydrogens is 188 g/mol. The average molecular weight is 206 g/mol. The van der Waals surface area contributed by atoms with Gasteiger partial charge in [0.1, 0.15) is 11.8 Å². The number of nitrogens with one attached hydrogen (secondary N) is 1. The van der Waals surface area contributed by atoms with Crippen LogP contribution < -0.4 is 5.73 Å². The number of ether oxygens (including phenoxy) is 1. The largest absolute Gasteiger partial charge is 0.359 e. The Morgan fingerprint density at radius 1 is 1.60 bits per heavy atom. The second-order valence-electron chi connectivity index (χ2n) is 4.47. The second kappa shape index (κ2) is 3.51. The third-order valence-corrected chi connectivity index (χ3v) is 3.21. The molecule has 0 aliphatic carbocycles. The third-order valence-electron chi connectivity index (χ3n) is 3.21. The number of rotatable bonds is 3. The van der Waals surface area contributed by atoms with Crippen LogP contribution in [0.5, 0.6) is 0 Å². The molecule has 3 atom stereocenters. The van der Waals surface area contributed by atoms with Crippen LogP contribution in [0.1, 0.15) is 25.2 Å². The van der Waals surface area contributed by atoms with Crippen LogP contribution in [-0.4, -0.2) is 16.8 Å². The fraction of sp³-hybridized carbons (Fsp3) is 0.500. The van der Waals surface area contributed by atoms with Gasteiger partial charge in [0, 0.05) is 17.3 Å². The highest BCUT2D eigenvalue weighted by Crippen LogP contribution is 2.40. The summed E-state index contributed by atoms with van der Waals surface area (Å²) in [5, 5.41) is 0. The smallest absolute Gasteiger partial charge is 0.136 e. The molecular formula is C12H18N2O. The van der Waals surface area contributed by atoms with Crippen molar-refractivity contribution in [2.45, 2.75) is 32.6 Å². The van der Waals surface area contributed by atoms with Crippen LogP contribution in [-0.2, 0) is 4.74 Å². The molecule has 3 N–H and O–H groups in total. The lowest BCUT2D eigenvalue weighted by Crippen LogP contribution is -2.23. The van der Waals surface area contributed by atoms with Crippen molar-refractivity contribution in [2.75, 3.05) is 0 Å². The number of aromatic nitrogens is 1. The number of H-pyrrole nitrogens is 1. The van der Waals surface area contributed by atoms with Crippen LogP contribution in [0.15, 0.2) is 18.2 Å². The van der Waals surface area contributed by atoms with Crippen LogP contribution in [0.4, 0.5) is 0 Å². The molecule has 2 rings (SSSR count). The van der Waals surface area contributed by atoms with E-state index in [1.165, 1.54) is 5.69 Å². The van der Waals surface area contributed by atoms with Crippen molar-refractivity contribution in [3.63, 3.8) is 0 Å². The molecule has 1 aliphatic rings. The maximum Gasteiger partial charge on any atom is 0.136 e. The van der Waals surface area contributed by atoms with Crippen molar-refractivity contribution in [3.8, 4) is 0 Å². The van der Waals surface area contributed by atoms with Gasteiger partial charge in [0.2, 0.25) is 0 Å². The lowest BCUT2D eigenvalue weighted by Gasteiger charge is -2.10. The molecule has 1 aliphatic heterocycles. The van der Waals surface area contributed by atoms with Crippen molar-refractivity contribution in [1.82, 2.24) is 4.98 Å². The molecule has 15 heavy (non-hydrogen) atoms. The van der Waals surface area contributed by atoms with E-state index in [4.69, 9.17) is 10.5 Å². The molecule has 3 heteroatoms. The first kappa shape index (κ1) is 10.5. The van der Waals surface area contributed by atoms with Gasteiger partial charge in [-0.05, 0) is 32.1 Å². The lowest BCUT2D eigenvalue weighted by atomic mass is 9.94. The second-order valence-corrected chi connectivity index (χ2v) is 4.47. The number of aryl methyl sites for hydroxylation is 1. The predicted octanol–water partition coefficient (Wildman–Crippen LogP) is 2.05. The van der Waals surface area contributed by atoms with E-state index in [1.54, 1.807) is 0 Å². The summed E-state index contributed by atoms with van der Waals surface area (Å²) >= 11 is 0. The van der Waals surface area contributed by atoms with Crippen LogP contribution in [0.25, 0.3) is 6.08 Å². The fourth-order valence-electron chi connectivity index (χ4n) is 1.67. The molecule has 82 valence electrons. The van der Waals surface area contributed by atoms with Gasteiger partial charge in [-0.2, -0.15) is 0 Å². The molecule has 0 amide bonds. The van der Waals surface area contributed by atoms with Gasteiger partial charge < -0.3 is 15.5 Å². The highest BCUT2D eigenvalue weighted by Gasteiger charge is 2.52. The third kappa shape index (κ3) is 1.98. The maximum absolute atomic E-state index is 5.71. The summed E-state index contributed by atoms with van der Waals surface area (Å²) in [6.07, 6.45) is 4.11. The summed E-state index contributed by atoms with van der Waals surface area (Å²) in [4.78, 5) is 3.26. The number of aromatic amines is 1. The van der Waals surface area contributed by atoms with Crippen molar-refractivity contribution in [3.05, 3.63) is 29.6 Å². The van der Waals surface area contributed by atoms with Crippen molar-refractivity contribution < 1.29 is 4.74 Å². The van der Waals surface area contributed by atoms with Crippen molar-refractivity contribution in [1.29, 1.82) is 0 Å². The monoisotopic (exact) mass is 206 g/mol. The molecule has 0 radical (unpaired) electrons. The lowest BCUT2D eigenvalue weighted by molar-refractivity contribution is 0.270. The summed E-state index contributed by atoms with van der Waals surface area (Å²) in [5.41, 5.74) is 7.84. The molecule has 1 aromatic heterocycles. The molecule has 1 saturated heterocycles. The van der Waals surface area contributed by atoms with E-state index in [-0.39, 0.29) is 11.8 Å². The van der Waals surface area contributed by atoms with E-state index in [2.05, 4.69) is 36.2 Å². The summed E-state index contributed by atoms with van der Waals surface area (Å²) < 4.78 is 5.38. The van der Waals surface area contributed by atoms with Gasteiger partial charge in [-0.3, -0.25) is 0 Å².